The third-order valence-electron chi connectivity index (χ3n) is 4.66. The van der Waals surface area contributed by atoms with E-state index in [0.717, 1.165) is 30.6 Å². The Bertz CT molecular complexity index is 647. The lowest BCUT2D eigenvalue weighted by atomic mass is 9.81. The summed E-state index contributed by atoms with van der Waals surface area (Å²) in [5, 5.41) is 0.796. The summed E-state index contributed by atoms with van der Waals surface area (Å²) < 4.78 is 5.15. The molecule has 0 aromatic heterocycles. The van der Waals surface area contributed by atoms with Gasteiger partial charge >= 0.3 is 5.97 Å². The Balaban J connectivity index is 1.61. The molecule has 1 aromatic rings. The Kier molecular flexibility index (Phi) is 5.11. The molecule has 0 N–H and O–H groups in total. The van der Waals surface area contributed by atoms with Crippen LogP contribution in [0, 0.1) is 11.8 Å². The molecule has 1 saturated carbocycles. The number of carbonyl (C=O) groups is 3. The first-order chi connectivity index (χ1) is 11.5. The van der Waals surface area contributed by atoms with Gasteiger partial charge in [0.2, 0.25) is 11.8 Å². The van der Waals surface area contributed by atoms with Gasteiger partial charge in [0.1, 0.15) is 13.2 Å². The van der Waals surface area contributed by atoms with Crippen molar-refractivity contribution in [3.05, 3.63) is 33.8 Å². The van der Waals surface area contributed by atoms with Crippen molar-refractivity contribution >= 4 is 41.0 Å². The van der Waals surface area contributed by atoms with Crippen LogP contribution < -0.4 is 0 Å². The maximum Gasteiger partial charge on any atom is 0.326 e. The number of carbonyl (C=O) groups excluding carboxylic acids is 3. The summed E-state index contributed by atoms with van der Waals surface area (Å²) in [5.74, 6) is -1.68. The highest BCUT2D eigenvalue weighted by Crippen LogP contribution is 2.37. The summed E-state index contributed by atoms with van der Waals surface area (Å²) >= 11 is 12.0. The van der Waals surface area contributed by atoms with Gasteiger partial charge in [0.15, 0.2) is 0 Å². The zero-order valence-electron chi connectivity index (χ0n) is 13.0. The smallest absolute Gasteiger partial charge is 0.326 e. The van der Waals surface area contributed by atoms with Crippen LogP contribution in [0.25, 0.3) is 0 Å². The van der Waals surface area contributed by atoms with Gasteiger partial charge < -0.3 is 4.74 Å². The number of halogens is 2. The number of amides is 2. The van der Waals surface area contributed by atoms with Gasteiger partial charge in [-0.1, -0.05) is 42.1 Å². The molecule has 1 aromatic carbocycles. The number of nitrogens with zero attached hydrogens (tertiary/aromatic N) is 1. The normalized spacial score (nSPS) is 23.3. The Hall–Kier alpha value is -1.59. The highest BCUT2D eigenvalue weighted by Gasteiger charge is 2.48. The molecule has 24 heavy (non-hydrogen) atoms. The Labute approximate surface area is 149 Å². The molecular weight excluding hydrogens is 353 g/mol. The van der Waals surface area contributed by atoms with Gasteiger partial charge in [-0.2, -0.15) is 0 Å². The minimum Gasteiger partial charge on any atom is -0.459 e. The predicted molar refractivity (Wildman–Crippen MR) is 88.4 cm³/mol. The van der Waals surface area contributed by atoms with E-state index >= 15 is 0 Å². The predicted octanol–water partition coefficient (Wildman–Crippen LogP) is 3.21. The van der Waals surface area contributed by atoms with Crippen LogP contribution in [-0.2, 0) is 25.7 Å². The molecule has 128 valence electrons. The van der Waals surface area contributed by atoms with Crippen LogP contribution in [0.5, 0.6) is 0 Å². The first kappa shape index (κ1) is 17.2. The molecule has 7 heteroatoms. The molecule has 2 aliphatic rings. The van der Waals surface area contributed by atoms with Crippen LogP contribution in [0.1, 0.15) is 31.2 Å². The van der Waals surface area contributed by atoms with E-state index in [9.17, 15) is 14.4 Å². The van der Waals surface area contributed by atoms with Crippen molar-refractivity contribution in [1.82, 2.24) is 4.90 Å². The van der Waals surface area contributed by atoms with Crippen molar-refractivity contribution in [3.63, 3.8) is 0 Å². The largest absolute Gasteiger partial charge is 0.459 e. The Morgan fingerprint density at radius 1 is 1.08 bits per heavy atom. The van der Waals surface area contributed by atoms with Crippen molar-refractivity contribution in [3.8, 4) is 0 Å². The van der Waals surface area contributed by atoms with E-state index in [0.29, 0.717) is 15.6 Å². The average molecular weight is 370 g/mol. The van der Waals surface area contributed by atoms with Crippen molar-refractivity contribution in [2.45, 2.75) is 32.3 Å². The van der Waals surface area contributed by atoms with Gasteiger partial charge in [0.25, 0.3) is 0 Å². The minimum absolute atomic E-state index is 0.0968. The van der Waals surface area contributed by atoms with Crippen LogP contribution in [0.3, 0.4) is 0 Å². The number of rotatable bonds is 4. The van der Waals surface area contributed by atoms with Gasteiger partial charge in [-0.05, 0) is 25.0 Å². The van der Waals surface area contributed by atoms with E-state index in [-0.39, 0.29) is 36.8 Å². The molecule has 0 bridgehead atoms. The standard InChI is InChI=1S/C17H17Cl2NO4/c18-13-6-3-7-14(19)12(13)9-24-15(21)8-20-16(22)10-4-1-2-5-11(10)17(20)23/h3,6-7,10-11H,1-2,4-5,8-9H2. The summed E-state index contributed by atoms with van der Waals surface area (Å²) in [7, 11) is 0. The Morgan fingerprint density at radius 3 is 2.17 bits per heavy atom. The second-order valence-electron chi connectivity index (χ2n) is 6.12. The molecule has 2 amide bonds. The summed E-state index contributed by atoms with van der Waals surface area (Å²) in [6.07, 6.45) is 3.33. The number of fused-ring (bicyclic) bond motifs is 1. The number of hydrogen-bond donors (Lipinski definition) is 0. The van der Waals surface area contributed by atoms with Crippen LogP contribution >= 0.6 is 23.2 Å². The third kappa shape index (κ3) is 3.28. The summed E-state index contributed by atoms with van der Waals surface area (Å²) in [6.45, 7) is -0.451. The van der Waals surface area contributed by atoms with Gasteiger partial charge in [0.05, 0.1) is 11.8 Å². The van der Waals surface area contributed by atoms with Gasteiger partial charge in [0, 0.05) is 15.6 Å². The number of esters is 1. The second kappa shape index (κ2) is 7.11. The zero-order valence-corrected chi connectivity index (χ0v) is 14.5. The Morgan fingerprint density at radius 2 is 1.62 bits per heavy atom. The molecule has 1 aliphatic heterocycles. The molecule has 2 fully saturated rings. The fourth-order valence-corrected chi connectivity index (χ4v) is 3.89. The molecule has 2 unspecified atom stereocenters. The molecule has 1 heterocycles. The van der Waals surface area contributed by atoms with Crippen molar-refractivity contribution < 1.29 is 19.1 Å². The molecule has 5 nitrogen and oxygen atoms in total. The van der Waals surface area contributed by atoms with Crippen molar-refractivity contribution in [1.29, 1.82) is 0 Å². The summed E-state index contributed by atoms with van der Waals surface area (Å²) in [5.41, 5.74) is 0.502. The van der Waals surface area contributed by atoms with E-state index in [2.05, 4.69) is 0 Å². The lowest BCUT2D eigenvalue weighted by Gasteiger charge is -2.19. The minimum atomic E-state index is -0.647. The second-order valence-corrected chi connectivity index (χ2v) is 6.94. The monoisotopic (exact) mass is 369 g/mol. The topological polar surface area (TPSA) is 63.7 Å². The van der Waals surface area contributed by atoms with Crippen LogP contribution in [-0.4, -0.2) is 29.2 Å². The number of ether oxygens (including phenoxy) is 1. The quantitative estimate of drug-likeness (QED) is 0.603. The zero-order chi connectivity index (χ0) is 17.3. The van der Waals surface area contributed by atoms with E-state index in [1.807, 2.05) is 0 Å². The highest BCUT2D eigenvalue weighted by molar-refractivity contribution is 6.35. The molecule has 1 aliphatic carbocycles. The van der Waals surface area contributed by atoms with Gasteiger partial charge in [-0.25, -0.2) is 0 Å². The molecular formula is C17H17Cl2NO4. The van der Waals surface area contributed by atoms with Crippen molar-refractivity contribution in [2.75, 3.05) is 6.54 Å². The maximum absolute atomic E-state index is 12.3. The summed E-state index contributed by atoms with van der Waals surface area (Å²) in [4.78, 5) is 37.7. The number of hydrogen-bond acceptors (Lipinski definition) is 4. The summed E-state index contributed by atoms with van der Waals surface area (Å²) in [6, 6.07) is 4.99. The molecule has 0 spiro atoms. The first-order valence-corrected chi connectivity index (χ1v) is 8.68. The molecule has 3 rings (SSSR count). The SMILES string of the molecule is O=C(CN1C(=O)C2CCCCC2C1=O)OCc1c(Cl)cccc1Cl. The number of benzene rings is 1. The lowest BCUT2D eigenvalue weighted by molar-refractivity contribution is -0.153. The fourth-order valence-electron chi connectivity index (χ4n) is 3.38. The molecule has 0 radical (unpaired) electrons. The van der Waals surface area contributed by atoms with E-state index in [1.54, 1.807) is 18.2 Å². The molecule has 1 saturated heterocycles. The van der Waals surface area contributed by atoms with E-state index in [4.69, 9.17) is 27.9 Å². The van der Waals surface area contributed by atoms with Crippen molar-refractivity contribution in [2.24, 2.45) is 11.8 Å². The van der Waals surface area contributed by atoms with Gasteiger partial charge in [-0.3, -0.25) is 19.3 Å². The first-order valence-electron chi connectivity index (χ1n) is 7.92. The average Bonchev–Trinajstić information content (AvgIpc) is 2.80. The fraction of sp³-hybridized carbons (Fsp3) is 0.471. The third-order valence-corrected chi connectivity index (χ3v) is 5.37. The van der Waals surface area contributed by atoms with Crippen LogP contribution in [0.2, 0.25) is 10.0 Å². The lowest BCUT2D eigenvalue weighted by Crippen LogP contribution is -2.36. The molecule has 2 atom stereocenters. The maximum atomic E-state index is 12.3. The van der Waals surface area contributed by atoms with E-state index < -0.39 is 5.97 Å². The van der Waals surface area contributed by atoms with Crippen LogP contribution in [0.15, 0.2) is 18.2 Å². The van der Waals surface area contributed by atoms with Crippen LogP contribution in [0.4, 0.5) is 0 Å². The highest BCUT2D eigenvalue weighted by atomic mass is 35.5. The van der Waals surface area contributed by atoms with E-state index in [1.165, 1.54) is 0 Å². The van der Waals surface area contributed by atoms with Gasteiger partial charge in [-0.15, -0.1) is 0 Å². The number of likely N-dealkylation sites (tertiary alicyclic amines) is 1. The number of imide groups is 1.